The number of benzene rings is 1. The van der Waals surface area contributed by atoms with E-state index in [1.807, 2.05) is 13.0 Å². The first-order valence-corrected chi connectivity index (χ1v) is 4.20. The van der Waals surface area contributed by atoms with E-state index in [-0.39, 0.29) is 5.82 Å². The molecule has 1 heterocycles. The van der Waals surface area contributed by atoms with Crippen molar-refractivity contribution in [2.24, 2.45) is 0 Å². The van der Waals surface area contributed by atoms with E-state index in [1.54, 1.807) is 19.2 Å². The molecule has 1 aromatic heterocycles. The molecule has 66 valence electrons. The normalized spacial score (nSPS) is 10.7. The second-order valence-electron chi connectivity index (χ2n) is 3.16. The Bertz CT molecular complexity index is 463. The summed E-state index contributed by atoms with van der Waals surface area (Å²) in [7, 11) is 0. The monoisotopic (exact) mass is 175 g/mol. The Labute approximate surface area is 76.2 Å². The SMILES string of the molecule is Cc1nccc2c(C)c(F)ccc12. The molecule has 0 spiro atoms. The third-order valence-corrected chi connectivity index (χ3v) is 2.35. The Morgan fingerprint density at radius 3 is 2.62 bits per heavy atom. The van der Waals surface area contributed by atoms with Crippen LogP contribution in [-0.2, 0) is 0 Å². The topological polar surface area (TPSA) is 12.9 Å². The summed E-state index contributed by atoms with van der Waals surface area (Å²) in [5, 5.41) is 1.98. The van der Waals surface area contributed by atoms with Crippen molar-refractivity contribution in [2.75, 3.05) is 0 Å². The fourth-order valence-electron chi connectivity index (χ4n) is 1.53. The quantitative estimate of drug-likeness (QED) is 0.599. The number of rotatable bonds is 0. The summed E-state index contributed by atoms with van der Waals surface area (Å²) in [6.07, 6.45) is 1.71. The summed E-state index contributed by atoms with van der Waals surface area (Å²) in [5.41, 5.74) is 1.64. The van der Waals surface area contributed by atoms with Gasteiger partial charge in [0.15, 0.2) is 0 Å². The molecule has 0 atom stereocenters. The third kappa shape index (κ3) is 1.18. The summed E-state index contributed by atoms with van der Waals surface area (Å²) in [6, 6.07) is 5.12. The van der Waals surface area contributed by atoms with E-state index in [0.29, 0.717) is 5.56 Å². The first-order valence-electron chi connectivity index (χ1n) is 4.20. The number of halogens is 1. The number of hydrogen-bond acceptors (Lipinski definition) is 1. The molecular formula is C11H10FN. The highest BCUT2D eigenvalue weighted by Gasteiger charge is 2.04. The molecule has 0 radical (unpaired) electrons. The lowest BCUT2D eigenvalue weighted by Gasteiger charge is -2.04. The molecule has 0 unspecified atom stereocenters. The van der Waals surface area contributed by atoms with Crippen molar-refractivity contribution in [1.29, 1.82) is 0 Å². The van der Waals surface area contributed by atoms with E-state index in [4.69, 9.17) is 0 Å². The molecule has 0 aliphatic rings. The van der Waals surface area contributed by atoms with E-state index < -0.39 is 0 Å². The van der Waals surface area contributed by atoms with Crippen LogP contribution < -0.4 is 0 Å². The van der Waals surface area contributed by atoms with Crippen LogP contribution in [0.2, 0.25) is 0 Å². The predicted molar refractivity (Wildman–Crippen MR) is 51.2 cm³/mol. The zero-order valence-electron chi connectivity index (χ0n) is 7.63. The van der Waals surface area contributed by atoms with Crippen LogP contribution in [0.5, 0.6) is 0 Å². The van der Waals surface area contributed by atoms with Crippen LogP contribution >= 0.6 is 0 Å². The van der Waals surface area contributed by atoms with Gasteiger partial charge in [-0.15, -0.1) is 0 Å². The number of pyridine rings is 1. The fourth-order valence-corrected chi connectivity index (χ4v) is 1.53. The van der Waals surface area contributed by atoms with E-state index in [1.165, 1.54) is 6.07 Å². The lowest BCUT2D eigenvalue weighted by molar-refractivity contribution is 0.621. The second-order valence-corrected chi connectivity index (χ2v) is 3.16. The number of aryl methyl sites for hydroxylation is 2. The van der Waals surface area contributed by atoms with Crippen LogP contribution in [0.15, 0.2) is 24.4 Å². The maximum absolute atomic E-state index is 13.2. The number of aromatic nitrogens is 1. The minimum Gasteiger partial charge on any atom is -0.261 e. The van der Waals surface area contributed by atoms with Gasteiger partial charge >= 0.3 is 0 Å². The Balaban J connectivity index is 2.94. The average Bonchev–Trinajstić information content (AvgIpc) is 2.12. The molecule has 1 aromatic carbocycles. The smallest absolute Gasteiger partial charge is 0.126 e. The molecule has 0 saturated heterocycles. The van der Waals surface area contributed by atoms with Crippen molar-refractivity contribution < 1.29 is 4.39 Å². The molecular weight excluding hydrogens is 165 g/mol. The molecule has 2 aromatic rings. The van der Waals surface area contributed by atoms with Gasteiger partial charge in [-0.1, -0.05) is 0 Å². The van der Waals surface area contributed by atoms with E-state index in [0.717, 1.165) is 16.5 Å². The van der Waals surface area contributed by atoms with Gasteiger partial charge in [-0.05, 0) is 43.0 Å². The molecule has 0 amide bonds. The number of hydrogen-bond donors (Lipinski definition) is 0. The maximum Gasteiger partial charge on any atom is 0.126 e. The third-order valence-electron chi connectivity index (χ3n) is 2.35. The largest absolute Gasteiger partial charge is 0.261 e. The zero-order valence-corrected chi connectivity index (χ0v) is 7.63. The van der Waals surface area contributed by atoms with Gasteiger partial charge in [-0.3, -0.25) is 4.98 Å². The van der Waals surface area contributed by atoms with E-state index in [9.17, 15) is 4.39 Å². The van der Waals surface area contributed by atoms with Gasteiger partial charge in [-0.2, -0.15) is 0 Å². The average molecular weight is 175 g/mol. The van der Waals surface area contributed by atoms with Crippen LogP contribution in [-0.4, -0.2) is 4.98 Å². The van der Waals surface area contributed by atoms with Crippen molar-refractivity contribution in [1.82, 2.24) is 4.98 Å². The van der Waals surface area contributed by atoms with Gasteiger partial charge < -0.3 is 0 Å². The summed E-state index contributed by atoms with van der Waals surface area (Å²) >= 11 is 0. The molecule has 0 N–H and O–H groups in total. The van der Waals surface area contributed by atoms with Crippen molar-refractivity contribution in [3.8, 4) is 0 Å². The fraction of sp³-hybridized carbons (Fsp3) is 0.182. The summed E-state index contributed by atoms with van der Waals surface area (Å²) in [6.45, 7) is 3.72. The molecule has 0 fully saturated rings. The van der Waals surface area contributed by atoms with E-state index in [2.05, 4.69) is 4.98 Å². The highest BCUT2D eigenvalue weighted by molar-refractivity contribution is 5.87. The minimum absolute atomic E-state index is 0.155. The maximum atomic E-state index is 13.2. The first-order chi connectivity index (χ1) is 6.20. The Kier molecular flexibility index (Phi) is 1.76. The van der Waals surface area contributed by atoms with Gasteiger partial charge in [0.1, 0.15) is 5.82 Å². The van der Waals surface area contributed by atoms with Crippen molar-refractivity contribution in [3.63, 3.8) is 0 Å². The molecule has 0 aliphatic carbocycles. The summed E-state index contributed by atoms with van der Waals surface area (Å²) in [4.78, 5) is 4.16. The van der Waals surface area contributed by atoms with Gasteiger partial charge in [0.25, 0.3) is 0 Å². The standard InChI is InChI=1S/C11H10FN/c1-7-9-5-6-13-8(2)10(9)3-4-11(7)12/h3-6H,1-2H3. The highest BCUT2D eigenvalue weighted by Crippen LogP contribution is 2.21. The van der Waals surface area contributed by atoms with Crippen LogP contribution in [0.25, 0.3) is 10.8 Å². The number of nitrogens with zero attached hydrogens (tertiary/aromatic N) is 1. The first kappa shape index (κ1) is 8.17. The zero-order chi connectivity index (χ0) is 9.42. The van der Waals surface area contributed by atoms with Crippen LogP contribution in [0.4, 0.5) is 4.39 Å². The van der Waals surface area contributed by atoms with Crippen molar-refractivity contribution in [3.05, 3.63) is 41.5 Å². The molecule has 0 saturated carbocycles. The molecule has 0 aliphatic heterocycles. The summed E-state index contributed by atoms with van der Waals surface area (Å²) in [5.74, 6) is -0.155. The second kappa shape index (κ2) is 2.80. The molecule has 0 bridgehead atoms. The predicted octanol–water partition coefficient (Wildman–Crippen LogP) is 2.99. The van der Waals surface area contributed by atoms with Crippen LogP contribution in [0.1, 0.15) is 11.3 Å². The lowest BCUT2D eigenvalue weighted by Crippen LogP contribution is -1.88. The summed E-state index contributed by atoms with van der Waals surface area (Å²) < 4.78 is 13.2. The molecule has 1 nitrogen and oxygen atoms in total. The Hall–Kier alpha value is -1.44. The molecule has 13 heavy (non-hydrogen) atoms. The van der Waals surface area contributed by atoms with Crippen molar-refractivity contribution >= 4 is 10.8 Å². The Morgan fingerprint density at radius 2 is 1.85 bits per heavy atom. The van der Waals surface area contributed by atoms with Gasteiger partial charge in [0.05, 0.1) is 0 Å². The highest BCUT2D eigenvalue weighted by atomic mass is 19.1. The van der Waals surface area contributed by atoms with Gasteiger partial charge in [-0.25, -0.2) is 4.39 Å². The van der Waals surface area contributed by atoms with Gasteiger partial charge in [0, 0.05) is 17.3 Å². The molecule has 2 rings (SSSR count). The Morgan fingerprint density at radius 1 is 1.08 bits per heavy atom. The van der Waals surface area contributed by atoms with Crippen molar-refractivity contribution in [2.45, 2.75) is 13.8 Å². The minimum atomic E-state index is -0.155. The lowest BCUT2D eigenvalue weighted by atomic mass is 10.1. The van der Waals surface area contributed by atoms with Crippen LogP contribution in [0, 0.1) is 19.7 Å². The van der Waals surface area contributed by atoms with E-state index >= 15 is 0 Å². The van der Waals surface area contributed by atoms with Crippen LogP contribution in [0.3, 0.4) is 0 Å². The molecule has 2 heteroatoms. The van der Waals surface area contributed by atoms with Gasteiger partial charge in [0.2, 0.25) is 0 Å². The number of fused-ring (bicyclic) bond motifs is 1.